The first-order chi connectivity index (χ1) is 6.76. The molecule has 72 valence electrons. The number of thiophene rings is 1. The van der Waals surface area contributed by atoms with Crippen molar-refractivity contribution < 1.29 is 4.79 Å². The van der Waals surface area contributed by atoms with Gasteiger partial charge in [-0.15, -0.1) is 11.3 Å². The number of halogens is 1. The lowest BCUT2D eigenvalue weighted by Crippen LogP contribution is -1.83. The van der Waals surface area contributed by atoms with Crippen molar-refractivity contribution in [3.8, 4) is 0 Å². The molecule has 0 saturated carbocycles. The number of hydrogen-bond acceptors (Lipinski definition) is 2. The Morgan fingerprint density at radius 3 is 2.93 bits per heavy atom. The molecule has 0 aliphatic rings. The molecule has 1 aromatic heterocycles. The largest absolute Gasteiger partial charge is 0.298 e. The van der Waals surface area contributed by atoms with Crippen LogP contribution in [0.1, 0.15) is 22.8 Å². The van der Waals surface area contributed by atoms with Crippen LogP contribution in [0, 0.1) is 0 Å². The number of hydrogen-bond donors (Lipinski definition) is 0. The molecule has 3 heteroatoms. The average molecular weight is 225 g/mol. The zero-order valence-corrected chi connectivity index (χ0v) is 9.28. The van der Waals surface area contributed by atoms with Gasteiger partial charge in [0.2, 0.25) is 0 Å². The third-order valence-corrected chi connectivity index (χ3v) is 3.60. The molecule has 1 aromatic carbocycles. The second kappa shape index (κ2) is 3.71. The van der Waals surface area contributed by atoms with Crippen LogP contribution in [0.25, 0.3) is 10.1 Å². The van der Waals surface area contributed by atoms with Crippen LogP contribution in [0.2, 0.25) is 5.02 Å². The van der Waals surface area contributed by atoms with Gasteiger partial charge < -0.3 is 0 Å². The van der Waals surface area contributed by atoms with Crippen LogP contribution in [0.15, 0.2) is 17.5 Å². The van der Waals surface area contributed by atoms with Gasteiger partial charge in [-0.25, -0.2) is 0 Å². The smallest absolute Gasteiger partial charge is 0.151 e. The zero-order valence-electron chi connectivity index (χ0n) is 7.71. The van der Waals surface area contributed by atoms with Gasteiger partial charge in [-0.1, -0.05) is 18.5 Å². The van der Waals surface area contributed by atoms with Crippen molar-refractivity contribution in [3.63, 3.8) is 0 Å². The number of carbonyl (C=O) groups excluding carboxylic acids is 1. The molecule has 0 spiro atoms. The highest BCUT2D eigenvalue weighted by atomic mass is 35.5. The SMILES string of the molecule is CCc1csc2cc(Cl)c(C=O)cc12. The van der Waals surface area contributed by atoms with E-state index in [-0.39, 0.29) is 0 Å². The van der Waals surface area contributed by atoms with Gasteiger partial charge in [-0.3, -0.25) is 4.79 Å². The highest BCUT2D eigenvalue weighted by molar-refractivity contribution is 7.17. The van der Waals surface area contributed by atoms with Gasteiger partial charge in [0, 0.05) is 10.3 Å². The van der Waals surface area contributed by atoms with Crippen molar-refractivity contribution in [1.29, 1.82) is 0 Å². The molecule has 0 atom stereocenters. The Morgan fingerprint density at radius 2 is 2.29 bits per heavy atom. The molecule has 0 saturated heterocycles. The maximum Gasteiger partial charge on any atom is 0.151 e. The normalized spacial score (nSPS) is 10.7. The second-order valence-electron chi connectivity index (χ2n) is 3.10. The number of aldehydes is 1. The van der Waals surface area contributed by atoms with Gasteiger partial charge in [0.1, 0.15) is 0 Å². The third kappa shape index (κ3) is 1.45. The van der Waals surface area contributed by atoms with Gasteiger partial charge in [0.15, 0.2) is 6.29 Å². The summed E-state index contributed by atoms with van der Waals surface area (Å²) in [5.74, 6) is 0. The van der Waals surface area contributed by atoms with Crippen LogP contribution in [-0.4, -0.2) is 6.29 Å². The molecule has 1 heterocycles. The van der Waals surface area contributed by atoms with E-state index >= 15 is 0 Å². The van der Waals surface area contributed by atoms with Gasteiger partial charge in [-0.2, -0.15) is 0 Å². The summed E-state index contributed by atoms with van der Waals surface area (Å²) < 4.78 is 1.15. The van der Waals surface area contributed by atoms with Crippen LogP contribution >= 0.6 is 22.9 Å². The number of benzene rings is 1. The Morgan fingerprint density at radius 1 is 1.50 bits per heavy atom. The van der Waals surface area contributed by atoms with Crippen LogP contribution in [-0.2, 0) is 6.42 Å². The van der Waals surface area contributed by atoms with E-state index in [4.69, 9.17) is 11.6 Å². The summed E-state index contributed by atoms with van der Waals surface area (Å²) >= 11 is 7.60. The van der Waals surface area contributed by atoms with E-state index in [9.17, 15) is 4.79 Å². The Balaban J connectivity index is 2.76. The molecule has 0 unspecified atom stereocenters. The minimum atomic E-state index is 0.539. The highest BCUT2D eigenvalue weighted by Gasteiger charge is 2.06. The molecule has 14 heavy (non-hydrogen) atoms. The van der Waals surface area contributed by atoms with Crippen molar-refractivity contribution in [2.24, 2.45) is 0 Å². The maximum atomic E-state index is 10.7. The number of fused-ring (bicyclic) bond motifs is 1. The van der Waals surface area contributed by atoms with E-state index in [0.717, 1.165) is 22.8 Å². The predicted octanol–water partition coefficient (Wildman–Crippen LogP) is 3.93. The minimum absolute atomic E-state index is 0.539. The zero-order chi connectivity index (χ0) is 10.1. The fourth-order valence-electron chi connectivity index (χ4n) is 1.48. The van der Waals surface area contributed by atoms with Gasteiger partial charge in [0.25, 0.3) is 0 Å². The highest BCUT2D eigenvalue weighted by Crippen LogP contribution is 2.30. The summed E-state index contributed by atoms with van der Waals surface area (Å²) in [6.07, 6.45) is 1.79. The Labute approximate surface area is 91.3 Å². The lowest BCUT2D eigenvalue weighted by Gasteiger charge is -1.98. The second-order valence-corrected chi connectivity index (χ2v) is 4.42. The summed E-state index contributed by atoms with van der Waals surface area (Å²) in [6, 6.07) is 3.74. The summed E-state index contributed by atoms with van der Waals surface area (Å²) in [5, 5.41) is 3.82. The minimum Gasteiger partial charge on any atom is -0.298 e. The van der Waals surface area contributed by atoms with E-state index in [1.165, 1.54) is 5.56 Å². The molecule has 0 N–H and O–H groups in total. The summed E-state index contributed by atoms with van der Waals surface area (Å²) in [7, 11) is 0. The number of rotatable bonds is 2. The molecular formula is C11H9ClOS. The monoisotopic (exact) mass is 224 g/mol. The first kappa shape index (κ1) is 9.69. The fourth-order valence-corrected chi connectivity index (χ4v) is 2.82. The van der Waals surface area contributed by atoms with Crippen LogP contribution in [0.4, 0.5) is 0 Å². The van der Waals surface area contributed by atoms with Crippen LogP contribution in [0.5, 0.6) is 0 Å². The summed E-state index contributed by atoms with van der Waals surface area (Å²) in [4.78, 5) is 10.7. The topological polar surface area (TPSA) is 17.1 Å². The molecule has 0 amide bonds. The fraction of sp³-hybridized carbons (Fsp3) is 0.182. The first-order valence-electron chi connectivity index (χ1n) is 4.41. The van der Waals surface area contributed by atoms with Crippen LogP contribution in [0.3, 0.4) is 0 Å². The molecule has 2 aromatic rings. The summed E-state index contributed by atoms with van der Waals surface area (Å²) in [6.45, 7) is 2.11. The van der Waals surface area contributed by atoms with E-state index in [1.807, 2.05) is 12.1 Å². The van der Waals surface area contributed by atoms with Crippen molar-refractivity contribution in [2.45, 2.75) is 13.3 Å². The Hall–Kier alpha value is -0.860. The Kier molecular flexibility index (Phi) is 2.57. The molecule has 0 bridgehead atoms. The molecule has 0 aliphatic carbocycles. The van der Waals surface area contributed by atoms with Gasteiger partial charge in [-0.05, 0) is 34.9 Å². The van der Waals surface area contributed by atoms with E-state index in [0.29, 0.717) is 10.6 Å². The maximum absolute atomic E-state index is 10.7. The third-order valence-electron chi connectivity index (χ3n) is 2.28. The van der Waals surface area contributed by atoms with Crippen molar-refractivity contribution in [3.05, 3.63) is 33.7 Å². The molecule has 0 radical (unpaired) electrons. The molecule has 0 aliphatic heterocycles. The summed E-state index contributed by atoms with van der Waals surface area (Å²) in [5.41, 5.74) is 1.86. The molecular weight excluding hydrogens is 216 g/mol. The first-order valence-corrected chi connectivity index (χ1v) is 5.66. The molecule has 2 rings (SSSR count). The van der Waals surface area contributed by atoms with Gasteiger partial charge >= 0.3 is 0 Å². The van der Waals surface area contributed by atoms with Crippen molar-refractivity contribution >= 4 is 39.3 Å². The average Bonchev–Trinajstić information content (AvgIpc) is 2.58. The molecule has 1 nitrogen and oxygen atoms in total. The van der Waals surface area contributed by atoms with E-state index in [1.54, 1.807) is 11.3 Å². The number of aryl methyl sites for hydroxylation is 1. The van der Waals surface area contributed by atoms with E-state index < -0.39 is 0 Å². The molecule has 0 fully saturated rings. The predicted molar refractivity (Wildman–Crippen MR) is 61.6 cm³/mol. The van der Waals surface area contributed by atoms with Crippen molar-refractivity contribution in [2.75, 3.05) is 0 Å². The Bertz CT molecular complexity index is 487. The van der Waals surface area contributed by atoms with Gasteiger partial charge in [0.05, 0.1) is 5.02 Å². The van der Waals surface area contributed by atoms with Crippen LogP contribution < -0.4 is 0 Å². The number of carbonyl (C=O) groups is 1. The van der Waals surface area contributed by atoms with E-state index in [2.05, 4.69) is 12.3 Å². The lowest BCUT2D eigenvalue weighted by molar-refractivity contribution is 0.112. The lowest BCUT2D eigenvalue weighted by atomic mass is 10.1. The quantitative estimate of drug-likeness (QED) is 0.707. The van der Waals surface area contributed by atoms with Crippen molar-refractivity contribution in [1.82, 2.24) is 0 Å². The standard InChI is InChI=1S/C11H9ClOS/c1-2-7-6-14-11-4-10(12)8(5-13)3-9(7)11/h3-6H,2H2,1H3.